The molecule has 1 aliphatic heterocycles. The van der Waals surface area contributed by atoms with Crippen molar-refractivity contribution >= 4 is 14.0 Å². The molecule has 3 N–H and O–H groups in total. The Morgan fingerprint density at radius 2 is 1.93 bits per heavy atom. The highest BCUT2D eigenvalue weighted by atomic mass is 31.1. The molecule has 0 spiro atoms. The smallest absolute Gasteiger partial charge is 0.478 e. The van der Waals surface area contributed by atoms with E-state index in [0.717, 1.165) is 11.1 Å². The van der Waals surface area contributed by atoms with Crippen molar-refractivity contribution in [2.45, 2.75) is 30.6 Å². The van der Waals surface area contributed by atoms with Crippen LogP contribution in [-0.4, -0.2) is 46.9 Å². The van der Waals surface area contributed by atoms with E-state index in [1.807, 2.05) is 36.4 Å². The van der Waals surface area contributed by atoms with Gasteiger partial charge < -0.3 is 15.2 Å². The topological polar surface area (TPSA) is 95.9 Å². The van der Waals surface area contributed by atoms with Gasteiger partial charge in [-0.15, -0.1) is 0 Å². The average molecular weight is 388 g/mol. The quantitative estimate of drug-likeness (QED) is 0.631. The summed E-state index contributed by atoms with van der Waals surface area (Å²) in [5.41, 5.74) is 1.73. The van der Waals surface area contributed by atoms with Gasteiger partial charge in [0.25, 0.3) is 0 Å². The van der Waals surface area contributed by atoms with Crippen molar-refractivity contribution in [2.24, 2.45) is 0 Å². The molecule has 6 nitrogen and oxygen atoms in total. The van der Waals surface area contributed by atoms with Crippen LogP contribution in [0.25, 0.3) is 0 Å². The summed E-state index contributed by atoms with van der Waals surface area (Å²) < 4.78 is 17.8. The van der Waals surface area contributed by atoms with Crippen molar-refractivity contribution < 1.29 is 24.1 Å². The molecule has 142 valence electrons. The first-order valence-corrected chi connectivity index (χ1v) is 10.2. The monoisotopic (exact) mass is 388 g/mol. The second-order valence-electron chi connectivity index (χ2n) is 6.75. The van der Waals surface area contributed by atoms with Gasteiger partial charge in [-0.25, -0.2) is 4.79 Å². The van der Waals surface area contributed by atoms with E-state index in [-0.39, 0.29) is 17.7 Å². The fourth-order valence-corrected chi connectivity index (χ4v) is 4.18. The molecular weight excluding hydrogens is 365 g/mol. The maximum Gasteiger partial charge on any atom is 0.511 e. The number of hydrogen-bond acceptors (Lipinski definition) is 4. The third-order valence-corrected chi connectivity index (χ3v) is 5.86. The number of aromatic carboxylic acids is 1. The van der Waals surface area contributed by atoms with Gasteiger partial charge in [0.05, 0.1) is 12.2 Å². The predicted molar refractivity (Wildman–Crippen MR) is 102 cm³/mol. The number of carbonyl (C=O) groups is 1. The fraction of sp³-hybridized carbons (Fsp3) is 0.350. The minimum atomic E-state index is -2.36. The van der Waals surface area contributed by atoms with Crippen LogP contribution in [0.3, 0.4) is 0 Å². The zero-order chi connectivity index (χ0) is 19.2. The van der Waals surface area contributed by atoms with Gasteiger partial charge in [-0.1, -0.05) is 42.5 Å². The molecule has 2 aromatic rings. The van der Waals surface area contributed by atoms with E-state index < -0.39 is 19.7 Å². The van der Waals surface area contributed by atoms with Crippen molar-refractivity contribution in [3.05, 3.63) is 71.3 Å². The number of hydrogen-bond donors (Lipinski definition) is 3. The molecule has 0 amide bonds. The Kier molecular flexibility index (Phi) is 6.69. The summed E-state index contributed by atoms with van der Waals surface area (Å²) in [6.45, 7) is 0.902. The van der Waals surface area contributed by atoms with Crippen molar-refractivity contribution in [2.75, 3.05) is 13.2 Å². The summed E-state index contributed by atoms with van der Waals surface area (Å²) in [4.78, 5) is 20.8. The Hall–Kier alpha value is -2.11. The lowest BCUT2D eigenvalue weighted by Gasteiger charge is -2.31. The number of morpholine rings is 1. The average Bonchev–Trinajstić information content (AvgIpc) is 2.68. The van der Waals surface area contributed by atoms with Crippen LogP contribution in [-0.2, 0) is 22.1 Å². The molecule has 0 bridgehead atoms. The summed E-state index contributed by atoms with van der Waals surface area (Å²) in [6.07, 6.45) is 0.799. The molecule has 7 heteroatoms. The maximum absolute atomic E-state index is 11.9. The SMILES string of the molecule is O=C(O)c1cccc(C[C@@H]2CO[C@@H](C(Cc3ccccc3)[P+](=O)O)CN2)c1. The molecule has 1 aliphatic rings. The lowest BCUT2D eigenvalue weighted by molar-refractivity contribution is 0.00137. The van der Waals surface area contributed by atoms with Gasteiger partial charge in [0.1, 0.15) is 6.10 Å². The lowest BCUT2D eigenvalue weighted by Crippen LogP contribution is -2.51. The third-order valence-electron chi connectivity index (χ3n) is 4.78. The van der Waals surface area contributed by atoms with E-state index in [1.165, 1.54) is 0 Å². The number of carboxylic acid groups (broad SMARTS) is 1. The minimum absolute atomic E-state index is 0.0410. The van der Waals surface area contributed by atoms with E-state index in [9.17, 15) is 14.3 Å². The van der Waals surface area contributed by atoms with Crippen LogP contribution in [0.5, 0.6) is 0 Å². The number of nitrogens with one attached hydrogen (secondary N) is 1. The van der Waals surface area contributed by atoms with Crippen LogP contribution in [0.15, 0.2) is 54.6 Å². The summed E-state index contributed by atoms with van der Waals surface area (Å²) in [6, 6.07) is 16.5. The van der Waals surface area contributed by atoms with E-state index >= 15 is 0 Å². The molecule has 3 rings (SSSR count). The largest absolute Gasteiger partial charge is 0.511 e. The molecule has 27 heavy (non-hydrogen) atoms. The molecule has 2 unspecified atom stereocenters. The Balaban J connectivity index is 1.57. The van der Waals surface area contributed by atoms with Gasteiger partial charge in [0.2, 0.25) is 5.66 Å². The Morgan fingerprint density at radius 3 is 2.56 bits per heavy atom. The zero-order valence-electron chi connectivity index (χ0n) is 14.8. The van der Waals surface area contributed by atoms with Crippen molar-refractivity contribution in [3.63, 3.8) is 0 Å². The predicted octanol–water partition coefficient (Wildman–Crippen LogP) is 2.63. The van der Waals surface area contributed by atoms with Gasteiger partial charge in [0, 0.05) is 19.0 Å². The van der Waals surface area contributed by atoms with E-state index in [1.54, 1.807) is 18.2 Å². The standard InChI is InChI=1S/C20H22NO5P/c22-20(23)16-8-4-7-15(9-16)10-17-13-26-18(12-21-17)19(27(24)25)11-14-5-2-1-3-6-14/h1-9,17-19,21H,10-13H2,(H-,22,23,24,25)/p+1/t17-,18-,19?/m1/s1. The van der Waals surface area contributed by atoms with Crippen molar-refractivity contribution in [1.82, 2.24) is 5.32 Å². The Bertz CT molecular complexity index is 790. The van der Waals surface area contributed by atoms with E-state index in [2.05, 4.69) is 5.32 Å². The van der Waals surface area contributed by atoms with Gasteiger partial charge >= 0.3 is 14.0 Å². The molecule has 0 aromatic heterocycles. The van der Waals surface area contributed by atoms with Gasteiger partial charge in [-0.05, 0) is 34.2 Å². The highest BCUT2D eigenvalue weighted by molar-refractivity contribution is 7.39. The molecule has 0 radical (unpaired) electrons. The fourth-order valence-electron chi connectivity index (χ4n) is 3.34. The highest BCUT2D eigenvalue weighted by Crippen LogP contribution is 2.31. The molecule has 4 atom stereocenters. The van der Waals surface area contributed by atoms with Gasteiger partial charge in [-0.3, -0.25) is 0 Å². The summed E-state index contributed by atoms with van der Waals surface area (Å²) in [7, 11) is -2.36. The molecule has 0 aliphatic carbocycles. The molecule has 2 aromatic carbocycles. The number of benzene rings is 2. The molecule has 1 heterocycles. The molecular formula is C20H23NO5P+. The van der Waals surface area contributed by atoms with Crippen molar-refractivity contribution in [1.29, 1.82) is 0 Å². The first kappa shape index (κ1) is 19.6. The van der Waals surface area contributed by atoms with Crippen LogP contribution in [0.2, 0.25) is 0 Å². The number of rotatable bonds is 7. The van der Waals surface area contributed by atoms with E-state index in [0.29, 0.717) is 26.0 Å². The normalized spacial score (nSPS) is 21.4. The van der Waals surface area contributed by atoms with E-state index in [4.69, 9.17) is 9.84 Å². The molecule has 1 fully saturated rings. The van der Waals surface area contributed by atoms with Crippen LogP contribution < -0.4 is 5.32 Å². The minimum Gasteiger partial charge on any atom is -0.478 e. The number of carboxylic acids is 1. The summed E-state index contributed by atoms with van der Waals surface area (Å²) in [5, 5.41) is 12.5. The highest BCUT2D eigenvalue weighted by Gasteiger charge is 2.40. The first-order chi connectivity index (χ1) is 13.0. The van der Waals surface area contributed by atoms with Crippen LogP contribution in [0.1, 0.15) is 21.5 Å². The van der Waals surface area contributed by atoms with Crippen LogP contribution in [0, 0.1) is 0 Å². The Labute approximate surface area is 159 Å². The van der Waals surface area contributed by atoms with Crippen LogP contribution >= 0.6 is 8.03 Å². The lowest BCUT2D eigenvalue weighted by atomic mass is 10.0. The van der Waals surface area contributed by atoms with Gasteiger partial charge in [0.15, 0.2) is 0 Å². The maximum atomic E-state index is 11.9. The second-order valence-corrected chi connectivity index (χ2v) is 8.01. The Morgan fingerprint density at radius 1 is 1.19 bits per heavy atom. The summed E-state index contributed by atoms with van der Waals surface area (Å²) in [5.74, 6) is -0.944. The van der Waals surface area contributed by atoms with Crippen molar-refractivity contribution in [3.8, 4) is 0 Å². The van der Waals surface area contributed by atoms with Gasteiger partial charge in [-0.2, -0.15) is 4.89 Å². The van der Waals surface area contributed by atoms with Crippen LogP contribution in [0.4, 0.5) is 0 Å². The number of ether oxygens (including phenoxy) is 1. The molecule has 0 saturated carbocycles. The summed E-state index contributed by atoms with van der Waals surface area (Å²) >= 11 is 0. The first-order valence-electron chi connectivity index (χ1n) is 8.89. The zero-order valence-corrected chi connectivity index (χ0v) is 15.7. The second kappa shape index (κ2) is 9.20. The third kappa shape index (κ3) is 5.44. The molecule has 1 saturated heterocycles.